The van der Waals surface area contributed by atoms with Crippen LogP contribution in [0.5, 0.6) is 0 Å². The van der Waals surface area contributed by atoms with E-state index < -0.39 is 0 Å². The van der Waals surface area contributed by atoms with Crippen LogP contribution < -0.4 is 10.9 Å². The molecule has 0 saturated heterocycles. The summed E-state index contributed by atoms with van der Waals surface area (Å²) in [7, 11) is 1.71. The molecule has 1 N–H and O–H groups in total. The zero-order valence-corrected chi connectivity index (χ0v) is 15.1. The van der Waals surface area contributed by atoms with Gasteiger partial charge in [0.2, 0.25) is 5.91 Å². The lowest BCUT2D eigenvalue weighted by molar-refractivity contribution is -0.118. The predicted octanol–water partition coefficient (Wildman–Crippen LogP) is 1.88. The standard InChI is InChI=1S/C17H19N3O2S2/c1-20-16(22)15-13(8-10-23-15)19-17(20)24-11-14(21)18-9-7-12-5-3-2-4-6-12/h2-6H,7-11H2,1H3,(H,18,21). The maximum Gasteiger partial charge on any atom is 0.267 e. The molecule has 0 aliphatic carbocycles. The second-order valence-electron chi connectivity index (χ2n) is 5.51. The van der Waals surface area contributed by atoms with Crippen LogP contribution in [0.25, 0.3) is 0 Å². The first-order chi connectivity index (χ1) is 11.6. The Labute approximate surface area is 149 Å². The first-order valence-electron chi connectivity index (χ1n) is 7.81. The van der Waals surface area contributed by atoms with Gasteiger partial charge in [0.25, 0.3) is 5.56 Å². The second-order valence-corrected chi connectivity index (χ2v) is 7.55. The first kappa shape index (κ1) is 17.1. The van der Waals surface area contributed by atoms with Gasteiger partial charge in [-0.2, -0.15) is 0 Å². The van der Waals surface area contributed by atoms with Crippen molar-refractivity contribution >= 4 is 29.4 Å². The fraction of sp³-hybridized carbons (Fsp3) is 0.353. The summed E-state index contributed by atoms with van der Waals surface area (Å²) < 4.78 is 1.54. The monoisotopic (exact) mass is 361 g/mol. The zero-order valence-electron chi connectivity index (χ0n) is 13.4. The van der Waals surface area contributed by atoms with Crippen LogP contribution in [0.2, 0.25) is 0 Å². The molecule has 3 rings (SSSR count). The Kier molecular flexibility index (Phi) is 5.63. The SMILES string of the molecule is Cn1c(SCC(=O)NCCc2ccccc2)nc2c(c1=O)SCC2. The summed E-state index contributed by atoms with van der Waals surface area (Å²) in [4.78, 5) is 29.5. The maximum absolute atomic E-state index is 12.2. The second kappa shape index (κ2) is 7.90. The Morgan fingerprint density at radius 3 is 2.96 bits per heavy atom. The van der Waals surface area contributed by atoms with E-state index in [0.29, 0.717) is 11.7 Å². The first-order valence-corrected chi connectivity index (χ1v) is 9.78. The summed E-state index contributed by atoms with van der Waals surface area (Å²) in [6.07, 6.45) is 1.64. The van der Waals surface area contributed by atoms with Crippen molar-refractivity contribution in [1.82, 2.24) is 14.9 Å². The Morgan fingerprint density at radius 1 is 1.38 bits per heavy atom. The highest BCUT2D eigenvalue weighted by molar-refractivity contribution is 8.00. The van der Waals surface area contributed by atoms with E-state index >= 15 is 0 Å². The van der Waals surface area contributed by atoms with E-state index in [1.807, 2.05) is 30.3 Å². The molecule has 0 bridgehead atoms. The van der Waals surface area contributed by atoms with Crippen LogP contribution in [-0.4, -0.2) is 33.5 Å². The van der Waals surface area contributed by atoms with E-state index in [1.54, 1.807) is 23.4 Å². The third kappa shape index (κ3) is 4.02. The minimum absolute atomic E-state index is 0.00511. The Bertz CT molecular complexity index is 790. The molecule has 0 saturated carbocycles. The van der Waals surface area contributed by atoms with Gasteiger partial charge < -0.3 is 5.32 Å². The number of benzene rings is 1. The van der Waals surface area contributed by atoms with Crippen LogP contribution in [0.3, 0.4) is 0 Å². The molecule has 1 aliphatic heterocycles. The van der Waals surface area contributed by atoms with E-state index in [1.165, 1.54) is 17.3 Å². The molecule has 1 aromatic carbocycles. The van der Waals surface area contributed by atoms with Crippen molar-refractivity contribution in [3.63, 3.8) is 0 Å². The van der Waals surface area contributed by atoms with E-state index in [0.717, 1.165) is 29.2 Å². The van der Waals surface area contributed by atoms with E-state index in [9.17, 15) is 9.59 Å². The van der Waals surface area contributed by atoms with Crippen molar-refractivity contribution < 1.29 is 4.79 Å². The largest absolute Gasteiger partial charge is 0.355 e. The van der Waals surface area contributed by atoms with Crippen LogP contribution in [0.4, 0.5) is 0 Å². The highest BCUT2D eigenvalue weighted by Gasteiger charge is 2.20. The number of aryl methyl sites for hydroxylation is 1. The summed E-state index contributed by atoms with van der Waals surface area (Å²) >= 11 is 2.88. The molecule has 0 spiro atoms. The molecule has 0 radical (unpaired) electrons. The summed E-state index contributed by atoms with van der Waals surface area (Å²) in [6.45, 7) is 0.608. The number of carbonyl (C=O) groups is 1. The van der Waals surface area contributed by atoms with Crippen LogP contribution in [0.15, 0.2) is 45.2 Å². The van der Waals surface area contributed by atoms with Crippen LogP contribution in [0.1, 0.15) is 11.3 Å². The minimum Gasteiger partial charge on any atom is -0.355 e. The fourth-order valence-corrected chi connectivity index (χ4v) is 4.36. The lowest BCUT2D eigenvalue weighted by Crippen LogP contribution is -2.28. The maximum atomic E-state index is 12.2. The molecule has 24 heavy (non-hydrogen) atoms. The van der Waals surface area contributed by atoms with Crippen molar-refractivity contribution in [3.8, 4) is 0 Å². The number of amides is 1. The number of hydrogen-bond acceptors (Lipinski definition) is 5. The average Bonchev–Trinajstić information content (AvgIpc) is 3.06. The van der Waals surface area contributed by atoms with Gasteiger partial charge in [-0.05, 0) is 12.0 Å². The van der Waals surface area contributed by atoms with E-state index in [2.05, 4.69) is 10.3 Å². The molecule has 2 heterocycles. The molecule has 1 amide bonds. The van der Waals surface area contributed by atoms with Gasteiger partial charge in [-0.3, -0.25) is 14.2 Å². The van der Waals surface area contributed by atoms with Crippen molar-refractivity contribution in [1.29, 1.82) is 0 Å². The number of nitrogens with one attached hydrogen (secondary N) is 1. The highest BCUT2D eigenvalue weighted by atomic mass is 32.2. The smallest absolute Gasteiger partial charge is 0.267 e. The van der Waals surface area contributed by atoms with Crippen molar-refractivity contribution in [2.75, 3.05) is 18.1 Å². The van der Waals surface area contributed by atoms with Gasteiger partial charge in [0, 0.05) is 25.8 Å². The number of hydrogen-bond donors (Lipinski definition) is 1. The summed E-state index contributed by atoms with van der Waals surface area (Å²) in [5, 5.41) is 3.52. The lowest BCUT2D eigenvalue weighted by atomic mass is 10.1. The number of rotatable bonds is 6. The molecule has 0 atom stereocenters. The Hall–Kier alpha value is -1.73. The topological polar surface area (TPSA) is 64.0 Å². The summed E-state index contributed by atoms with van der Waals surface area (Å²) in [5.41, 5.74) is 2.07. The van der Waals surface area contributed by atoms with Crippen LogP contribution in [-0.2, 0) is 24.7 Å². The molecule has 5 nitrogen and oxygen atoms in total. The summed E-state index contributed by atoms with van der Waals surface area (Å²) in [6, 6.07) is 10.0. The normalized spacial score (nSPS) is 12.9. The van der Waals surface area contributed by atoms with E-state index in [-0.39, 0.29) is 17.2 Å². The highest BCUT2D eigenvalue weighted by Crippen LogP contribution is 2.28. The molecule has 7 heteroatoms. The van der Waals surface area contributed by atoms with Gasteiger partial charge in [0.15, 0.2) is 5.16 Å². The third-order valence-corrected chi connectivity index (χ3v) is 5.91. The molecule has 1 aromatic heterocycles. The molecule has 0 fully saturated rings. The molecular formula is C17H19N3O2S2. The number of carbonyl (C=O) groups excluding carboxylic acids is 1. The van der Waals surface area contributed by atoms with Gasteiger partial charge >= 0.3 is 0 Å². The average molecular weight is 361 g/mol. The zero-order chi connectivity index (χ0) is 16.9. The quantitative estimate of drug-likeness (QED) is 0.629. The van der Waals surface area contributed by atoms with Crippen molar-refractivity contribution in [2.45, 2.75) is 22.9 Å². The number of fused-ring (bicyclic) bond motifs is 1. The number of thioether (sulfide) groups is 2. The molecule has 2 aromatic rings. The third-order valence-electron chi connectivity index (χ3n) is 3.77. The molecule has 1 aliphatic rings. The van der Waals surface area contributed by atoms with Gasteiger partial charge in [-0.15, -0.1) is 11.8 Å². The minimum atomic E-state index is -0.0416. The van der Waals surface area contributed by atoms with Gasteiger partial charge in [-0.25, -0.2) is 4.98 Å². The van der Waals surface area contributed by atoms with Crippen molar-refractivity contribution in [2.24, 2.45) is 7.05 Å². The molecule has 0 unspecified atom stereocenters. The van der Waals surface area contributed by atoms with Gasteiger partial charge in [-0.1, -0.05) is 42.1 Å². The summed E-state index contributed by atoms with van der Waals surface area (Å²) in [5.74, 6) is 1.13. The fourth-order valence-electron chi connectivity index (χ4n) is 2.47. The Morgan fingerprint density at radius 2 is 2.17 bits per heavy atom. The Balaban J connectivity index is 1.52. The van der Waals surface area contributed by atoms with Crippen LogP contribution >= 0.6 is 23.5 Å². The predicted molar refractivity (Wildman–Crippen MR) is 97.8 cm³/mol. The molecule has 126 valence electrons. The number of nitrogens with zero attached hydrogens (tertiary/aromatic N) is 2. The van der Waals surface area contributed by atoms with E-state index in [4.69, 9.17) is 0 Å². The number of aromatic nitrogens is 2. The lowest BCUT2D eigenvalue weighted by Gasteiger charge is -2.09. The van der Waals surface area contributed by atoms with Crippen molar-refractivity contribution in [3.05, 3.63) is 51.9 Å². The van der Waals surface area contributed by atoms with Crippen LogP contribution in [0, 0.1) is 0 Å². The van der Waals surface area contributed by atoms with Gasteiger partial charge in [0.05, 0.1) is 16.3 Å². The van der Waals surface area contributed by atoms with Gasteiger partial charge in [0.1, 0.15) is 0 Å². The molecular weight excluding hydrogens is 342 g/mol.